The quantitative estimate of drug-likeness (QED) is 0.697. The molecule has 1 N–H and O–H groups in total. The Morgan fingerprint density at radius 3 is 3.25 bits per heavy atom. The van der Waals surface area contributed by atoms with Crippen LogP contribution in [0.3, 0.4) is 0 Å². The molecule has 12 heavy (non-hydrogen) atoms. The zero-order valence-electron chi connectivity index (χ0n) is 6.86. The number of hydrogen-bond acceptors (Lipinski definition) is 3. The smallest absolute Gasteiger partial charge is 0.153 e. The highest BCUT2D eigenvalue weighted by molar-refractivity contribution is 5.36. The summed E-state index contributed by atoms with van der Waals surface area (Å²) < 4.78 is 1.77. The summed E-state index contributed by atoms with van der Waals surface area (Å²) in [6.07, 6.45) is 3.58. The normalized spacial score (nSPS) is 10.8. The summed E-state index contributed by atoms with van der Waals surface area (Å²) in [6.45, 7) is 0.786. The van der Waals surface area contributed by atoms with Crippen molar-refractivity contribution in [2.24, 2.45) is 0 Å². The fourth-order valence-electron chi connectivity index (χ4n) is 1.13. The Kier molecular flexibility index (Phi) is 1.75. The van der Waals surface area contributed by atoms with E-state index in [4.69, 9.17) is 0 Å². The number of aromatic nitrogens is 3. The number of nitrogens with one attached hydrogen (secondary N) is 1. The van der Waals surface area contributed by atoms with Crippen LogP contribution in [0.25, 0.3) is 5.65 Å². The van der Waals surface area contributed by atoms with Gasteiger partial charge in [-0.2, -0.15) is 5.10 Å². The van der Waals surface area contributed by atoms with E-state index in [1.807, 2.05) is 25.4 Å². The molecule has 2 aromatic rings. The fourth-order valence-corrected chi connectivity index (χ4v) is 1.13. The summed E-state index contributed by atoms with van der Waals surface area (Å²) in [5.74, 6) is 0. The van der Waals surface area contributed by atoms with Crippen molar-refractivity contribution < 1.29 is 0 Å². The predicted octanol–water partition coefficient (Wildman–Crippen LogP) is 0.449. The molecule has 4 nitrogen and oxygen atoms in total. The maximum Gasteiger partial charge on any atom is 0.153 e. The molecule has 0 saturated carbocycles. The van der Waals surface area contributed by atoms with Gasteiger partial charge in [0.05, 0.1) is 5.69 Å². The minimum absolute atomic E-state index is 0.786. The van der Waals surface area contributed by atoms with Crippen LogP contribution in [-0.2, 0) is 6.54 Å². The van der Waals surface area contributed by atoms with Crippen LogP contribution >= 0.6 is 0 Å². The number of imidazole rings is 1. The van der Waals surface area contributed by atoms with Crippen molar-refractivity contribution in [2.45, 2.75) is 6.54 Å². The van der Waals surface area contributed by atoms with Gasteiger partial charge in [0.1, 0.15) is 0 Å². The van der Waals surface area contributed by atoms with E-state index < -0.39 is 0 Å². The van der Waals surface area contributed by atoms with E-state index in [1.54, 1.807) is 10.7 Å². The molecule has 0 bridgehead atoms. The Hall–Kier alpha value is -1.42. The van der Waals surface area contributed by atoms with E-state index in [9.17, 15) is 0 Å². The largest absolute Gasteiger partial charge is 0.314 e. The number of fused-ring (bicyclic) bond motifs is 1. The van der Waals surface area contributed by atoms with Gasteiger partial charge in [-0.3, -0.25) is 0 Å². The van der Waals surface area contributed by atoms with Crippen molar-refractivity contribution in [3.05, 3.63) is 30.2 Å². The van der Waals surface area contributed by atoms with E-state index in [1.165, 1.54) is 0 Å². The molecule has 0 unspecified atom stereocenters. The molecule has 2 heterocycles. The van der Waals surface area contributed by atoms with Gasteiger partial charge in [0.25, 0.3) is 0 Å². The van der Waals surface area contributed by atoms with Crippen LogP contribution in [0.1, 0.15) is 5.69 Å². The van der Waals surface area contributed by atoms with Gasteiger partial charge in [0.15, 0.2) is 5.65 Å². The highest BCUT2D eigenvalue weighted by atomic mass is 15.2. The molecule has 0 saturated heterocycles. The van der Waals surface area contributed by atoms with Gasteiger partial charge in [-0.15, -0.1) is 0 Å². The van der Waals surface area contributed by atoms with E-state index >= 15 is 0 Å². The molecule has 62 valence electrons. The Balaban J connectivity index is 2.46. The summed E-state index contributed by atoms with van der Waals surface area (Å²) in [6, 6.07) is 3.93. The zero-order valence-corrected chi connectivity index (χ0v) is 6.86. The third-order valence-corrected chi connectivity index (χ3v) is 1.67. The second-order valence-electron chi connectivity index (χ2n) is 2.59. The van der Waals surface area contributed by atoms with E-state index in [2.05, 4.69) is 15.4 Å². The monoisotopic (exact) mass is 162 g/mol. The van der Waals surface area contributed by atoms with E-state index in [0.29, 0.717) is 0 Å². The molecular formula is C8H10N4. The molecule has 2 rings (SSSR count). The second-order valence-corrected chi connectivity index (χ2v) is 2.59. The molecule has 0 aliphatic carbocycles. The van der Waals surface area contributed by atoms with Crippen molar-refractivity contribution in [1.82, 2.24) is 19.9 Å². The lowest BCUT2D eigenvalue weighted by molar-refractivity contribution is 0.752. The third kappa shape index (κ3) is 1.16. The molecule has 0 aliphatic heterocycles. The summed E-state index contributed by atoms with van der Waals surface area (Å²) in [5.41, 5.74) is 1.90. The van der Waals surface area contributed by atoms with Crippen LogP contribution in [0, 0.1) is 0 Å². The first kappa shape index (κ1) is 7.24. The Bertz CT molecular complexity index is 379. The number of hydrogen-bond donors (Lipinski definition) is 1. The van der Waals surface area contributed by atoms with Gasteiger partial charge in [-0.05, 0) is 19.2 Å². The molecule has 4 heteroatoms. The van der Waals surface area contributed by atoms with Crippen molar-refractivity contribution in [1.29, 1.82) is 0 Å². The van der Waals surface area contributed by atoms with Crippen molar-refractivity contribution >= 4 is 5.65 Å². The maximum absolute atomic E-state index is 4.32. The molecule has 0 aromatic carbocycles. The maximum atomic E-state index is 4.32. The molecule has 0 atom stereocenters. The first-order chi connectivity index (χ1) is 5.90. The lowest BCUT2D eigenvalue weighted by atomic mass is 10.4. The standard InChI is InChI=1S/C8H10N4/c1-9-6-7-2-3-8-10-4-5-12(8)11-7/h2-5,9H,6H2,1H3. The first-order valence-electron chi connectivity index (χ1n) is 3.84. The lowest BCUT2D eigenvalue weighted by Gasteiger charge is -1.98. The van der Waals surface area contributed by atoms with Gasteiger partial charge < -0.3 is 5.32 Å². The molecule has 0 fully saturated rings. The Labute approximate surface area is 70.2 Å². The van der Waals surface area contributed by atoms with Crippen molar-refractivity contribution in [3.8, 4) is 0 Å². The molecule has 0 radical (unpaired) electrons. The minimum atomic E-state index is 0.786. The first-order valence-corrected chi connectivity index (χ1v) is 3.84. The number of nitrogens with zero attached hydrogens (tertiary/aromatic N) is 3. The summed E-state index contributed by atoms with van der Waals surface area (Å²) in [4.78, 5) is 4.10. The average molecular weight is 162 g/mol. The SMILES string of the molecule is CNCc1ccc2nccn2n1. The lowest BCUT2D eigenvalue weighted by Crippen LogP contribution is -2.08. The van der Waals surface area contributed by atoms with Gasteiger partial charge in [0, 0.05) is 18.9 Å². The third-order valence-electron chi connectivity index (χ3n) is 1.67. The summed E-state index contributed by atoms with van der Waals surface area (Å²) >= 11 is 0. The van der Waals surface area contributed by atoms with Crippen LogP contribution in [0.15, 0.2) is 24.5 Å². The second kappa shape index (κ2) is 2.91. The van der Waals surface area contributed by atoms with Crippen LogP contribution < -0.4 is 5.32 Å². The molecule has 2 aromatic heterocycles. The minimum Gasteiger partial charge on any atom is -0.314 e. The molecular weight excluding hydrogens is 152 g/mol. The highest BCUT2D eigenvalue weighted by Gasteiger charge is 1.95. The predicted molar refractivity (Wildman–Crippen MR) is 45.8 cm³/mol. The van der Waals surface area contributed by atoms with Crippen molar-refractivity contribution in [3.63, 3.8) is 0 Å². The van der Waals surface area contributed by atoms with Gasteiger partial charge in [-0.25, -0.2) is 9.50 Å². The molecule has 0 spiro atoms. The van der Waals surface area contributed by atoms with Crippen LogP contribution in [0.4, 0.5) is 0 Å². The average Bonchev–Trinajstić information content (AvgIpc) is 2.51. The van der Waals surface area contributed by atoms with E-state index in [-0.39, 0.29) is 0 Å². The topological polar surface area (TPSA) is 42.2 Å². The van der Waals surface area contributed by atoms with Crippen LogP contribution in [-0.4, -0.2) is 21.6 Å². The fraction of sp³-hybridized carbons (Fsp3) is 0.250. The molecule has 0 amide bonds. The highest BCUT2D eigenvalue weighted by Crippen LogP contribution is 1.99. The van der Waals surface area contributed by atoms with Gasteiger partial charge in [0.2, 0.25) is 0 Å². The van der Waals surface area contributed by atoms with Crippen LogP contribution in [0.5, 0.6) is 0 Å². The Morgan fingerprint density at radius 2 is 2.42 bits per heavy atom. The zero-order chi connectivity index (χ0) is 8.39. The summed E-state index contributed by atoms with van der Waals surface area (Å²) in [5, 5.41) is 7.36. The van der Waals surface area contributed by atoms with Crippen molar-refractivity contribution in [2.75, 3.05) is 7.05 Å². The number of rotatable bonds is 2. The van der Waals surface area contributed by atoms with Gasteiger partial charge >= 0.3 is 0 Å². The van der Waals surface area contributed by atoms with Gasteiger partial charge in [-0.1, -0.05) is 0 Å². The summed E-state index contributed by atoms with van der Waals surface area (Å²) in [7, 11) is 1.90. The molecule has 0 aliphatic rings. The van der Waals surface area contributed by atoms with E-state index in [0.717, 1.165) is 17.9 Å². The Morgan fingerprint density at radius 1 is 1.50 bits per heavy atom. The van der Waals surface area contributed by atoms with Crippen LogP contribution in [0.2, 0.25) is 0 Å².